The molecule has 23 heavy (non-hydrogen) atoms. The number of non-ortho nitro benzene ring substituents is 1. The fourth-order valence-electron chi connectivity index (χ4n) is 1.85. The quantitative estimate of drug-likeness (QED) is 0.509. The molecule has 1 amide bonds. The topological polar surface area (TPSA) is 115 Å². The van der Waals surface area contributed by atoms with Gasteiger partial charge in [-0.2, -0.15) is 0 Å². The molecule has 0 aliphatic carbocycles. The molecule has 118 valence electrons. The maximum absolute atomic E-state index is 12.3. The third kappa shape index (κ3) is 3.83. The number of nitrogens with one attached hydrogen (secondary N) is 1. The number of nitro groups is 2. The molecule has 0 fully saturated rings. The Morgan fingerprint density at radius 3 is 2.22 bits per heavy atom. The summed E-state index contributed by atoms with van der Waals surface area (Å²) in [4.78, 5) is 33.4. The highest BCUT2D eigenvalue weighted by Crippen LogP contribution is 2.26. The molecular formula is C14H11N3O5S. The monoisotopic (exact) mass is 333 g/mol. The van der Waals surface area contributed by atoms with Gasteiger partial charge in [0.05, 0.1) is 9.85 Å². The van der Waals surface area contributed by atoms with Gasteiger partial charge in [0.15, 0.2) is 0 Å². The molecule has 0 aliphatic heterocycles. The lowest BCUT2D eigenvalue weighted by Crippen LogP contribution is -2.14. The van der Waals surface area contributed by atoms with Crippen LogP contribution in [0.2, 0.25) is 0 Å². The van der Waals surface area contributed by atoms with Gasteiger partial charge in [0.2, 0.25) is 0 Å². The van der Waals surface area contributed by atoms with Crippen LogP contribution in [0.1, 0.15) is 10.4 Å². The van der Waals surface area contributed by atoms with Crippen molar-refractivity contribution in [2.45, 2.75) is 4.90 Å². The molecule has 0 saturated heterocycles. The second-order valence-corrected chi connectivity index (χ2v) is 5.28. The maximum Gasteiger partial charge on any atom is 0.282 e. The molecule has 2 aromatic carbocycles. The second-order valence-electron chi connectivity index (χ2n) is 4.40. The normalized spacial score (nSPS) is 10.1. The van der Waals surface area contributed by atoms with Crippen molar-refractivity contribution in [1.29, 1.82) is 0 Å². The number of hydrogen-bond donors (Lipinski definition) is 1. The van der Waals surface area contributed by atoms with Crippen molar-refractivity contribution in [3.05, 3.63) is 68.3 Å². The third-order valence-corrected chi connectivity index (χ3v) is 3.71. The van der Waals surface area contributed by atoms with Crippen molar-refractivity contribution in [3.8, 4) is 0 Å². The molecule has 1 N–H and O–H groups in total. The number of benzene rings is 2. The van der Waals surface area contributed by atoms with Crippen LogP contribution in [0.3, 0.4) is 0 Å². The zero-order chi connectivity index (χ0) is 17.0. The molecule has 0 saturated carbocycles. The Balaban J connectivity index is 2.29. The SMILES string of the molecule is CSc1ccc([N+](=O)[O-])c(C(=O)Nc2ccc([N+](=O)[O-])cc2)c1. The molecule has 2 rings (SSSR count). The Labute approximate surface area is 134 Å². The van der Waals surface area contributed by atoms with Crippen LogP contribution in [0.25, 0.3) is 0 Å². The minimum atomic E-state index is -0.651. The van der Waals surface area contributed by atoms with Gasteiger partial charge in [-0.15, -0.1) is 11.8 Å². The van der Waals surface area contributed by atoms with E-state index in [-0.39, 0.29) is 16.9 Å². The highest BCUT2D eigenvalue weighted by molar-refractivity contribution is 7.98. The molecule has 2 aromatic rings. The van der Waals surface area contributed by atoms with E-state index in [0.29, 0.717) is 10.6 Å². The third-order valence-electron chi connectivity index (χ3n) is 2.98. The number of amides is 1. The van der Waals surface area contributed by atoms with Crippen molar-refractivity contribution < 1.29 is 14.6 Å². The Kier molecular flexibility index (Phi) is 4.91. The van der Waals surface area contributed by atoms with Gasteiger partial charge in [-0.1, -0.05) is 0 Å². The van der Waals surface area contributed by atoms with Gasteiger partial charge in [0.25, 0.3) is 17.3 Å². The lowest BCUT2D eigenvalue weighted by Gasteiger charge is -2.07. The lowest BCUT2D eigenvalue weighted by atomic mass is 10.1. The zero-order valence-corrected chi connectivity index (χ0v) is 12.7. The van der Waals surface area contributed by atoms with E-state index >= 15 is 0 Å². The first-order chi connectivity index (χ1) is 10.9. The largest absolute Gasteiger partial charge is 0.322 e. The number of carbonyl (C=O) groups is 1. The maximum atomic E-state index is 12.3. The van der Waals surface area contributed by atoms with Gasteiger partial charge in [-0.25, -0.2) is 0 Å². The van der Waals surface area contributed by atoms with Gasteiger partial charge >= 0.3 is 0 Å². The summed E-state index contributed by atoms with van der Waals surface area (Å²) in [5.74, 6) is -0.651. The van der Waals surface area contributed by atoms with Crippen LogP contribution in [0.5, 0.6) is 0 Å². The van der Waals surface area contributed by atoms with Gasteiger partial charge < -0.3 is 5.32 Å². The van der Waals surface area contributed by atoms with E-state index in [0.717, 1.165) is 0 Å². The van der Waals surface area contributed by atoms with Crippen molar-refractivity contribution in [1.82, 2.24) is 0 Å². The number of carbonyl (C=O) groups excluding carboxylic acids is 1. The van der Waals surface area contributed by atoms with Crippen LogP contribution >= 0.6 is 11.8 Å². The predicted molar refractivity (Wildman–Crippen MR) is 85.9 cm³/mol. The molecule has 0 radical (unpaired) electrons. The fraction of sp³-hybridized carbons (Fsp3) is 0.0714. The van der Waals surface area contributed by atoms with Gasteiger partial charge in [0.1, 0.15) is 5.56 Å². The number of nitrogens with zero attached hydrogens (tertiary/aromatic N) is 2. The van der Waals surface area contributed by atoms with E-state index in [4.69, 9.17) is 0 Å². The summed E-state index contributed by atoms with van der Waals surface area (Å²) >= 11 is 1.35. The van der Waals surface area contributed by atoms with Crippen LogP contribution in [0.15, 0.2) is 47.4 Å². The summed E-state index contributed by atoms with van der Waals surface area (Å²) in [6, 6.07) is 9.47. The predicted octanol–water partition coefficient (Wildman–Crippen LogP) is 3.48. The summed E-state index contributed by atoms with van der Waals surface area (Å²) in [6.45, 7) is 0. The van der Waals surface area contributed by atoms with Crippen molar-refractivity contribution in [3.63, 3.8) is 0 Å². The molecule has 0 spiro atoms. The summed E-state index contributed by atoms with van der Waals surface area (Å²) in [6.07, 6.45) is 1.79. The molecule has 9 heteroatoms. The molecule has 0 unspecified atom stereocenters. The smallest absolute Gasteiger partial charge is 0.282 e. The highest BCUT2D eigenvalue weighted by Gasteiger charge is 2.21. The van der Waals surface area contributed by atoms with Crippen LogP contribution < -0.4 is 5.32 Å². The Morgan fingerprint density at radius 1 is 1.04 bits per heavy atom. The van der Waals surface area contributed by atoms with E-state index in [1.807, 2.05) is 0 Å². The number of hydrogen-bond acceptors (Lipinski definition) is 6. The number of anilines is 1. The van der Waals surface area contributed by atoms with Crippen LogP contribution in [0, 0.1) is 20.2 Å². The average Bonchev–Trinajstić information content (AvgIpc) is 2.54. The Morgan fingerprint density at radius 2 is 1.70 bits per heavy atom. The fourth-order valence-corrected chi connectivity index (χ4v) is 2.29. The summed E-state index contributed by atoms with van der Waals surface area (Å²) in [7, 11) is 0. The highest BCUT2D eigenvalue weighted by atomic mass is 32.2. The Hall–Kier alpha value is -2.94. The zero-order valence-electron chi connectivity index (χ0n) is 11.9. The van der Waals surface area contributed by atoms with E-state index in [1.165, 1.54) is 48.2 Å². The first kappa shape index (κ1) is 16.4. The Bertz CT molecular complexity index is 776. The second kappa shape index (κ2) is 6.88. The first-order valence-corrected chi connectivity index (χ1v) is 7.53. The van der Waals surface area contributed by atoms with E-state index in [9.17, 15) is 25.0 Å². The van der Waals surface area contributed by atoms with Gasteiger partial charge in [-0.3, -0.25) is 25.0 Å². The minimum absolute atomic E-state index is 0.0693. The number of thioether (sulfide) groups is 1. The molecule has 0 heterocycles. The van der Waals surface area contributed by atoms with Crippen molar-refractivity contribution >= 4 is 34.7 Å². The molecule has 0 atom stereocenters. The molecule has 0 bridgehead atoms. The van der Waals surface area contributed by atoms with E-state index in [1.54, 1.807) is 12.3 Å². The summed E-state index contributed by atoms with van der Waals surface area (Å²) in [5, 5.41) is 24.1. The van der Waals surface area contributed by atoms with Gasteiger partial charge in [0, 0.05) is 28.8 Å². The number of nitro benzene ring substituents is 2. The standard InChI is InChI=1S/C14H11N3O5S/c1-23-11-6-7-13(17(21)22)12(8-11)14(18)15-9-2-4-10(5-3-9)16(19)20/h2-8H,1H3,(H,15,18). The first-order valence-electron chi connectivity index (χ1n) is 6.30. The summed E-state index contributed by atoms with van der Waals surface area (Å²) in [5.41, 5.74) is -0.176. The summed E-state index contributed by atoms with van der Waals surface area (Å²) < 4.78 is 0. The van der Waals surface area contributed by atoms with Crippen LogP contribution in [0.4, 0.5) is 17.1 Å². The van der Waals surface area contributed by atoms with Crippen molar-refractivity contribution in [2.75, 3.05) is 11.6 Å². The van der Waals surface area contributed by atoms with Crippen LogP contribution in [-0.4, -0.2) is 22.0 Å². The molecule has 8 nitrogen and oxygen atoms in total. The average molecular weight is 333 g/mol. The van der Waals surface area contributed by atoms with E-state index < -0.39 is 15.8 Å². The number of rotatable bonds is 5. The van der Waals surface area contributed by atoms with Gasteiger partial charge in [-0.05, 0) is 30.5 Å². The van der Waals surface area contributed by atoms with Crippen molar-refractivity contribution in [2.24, 2.45) is 0 Å². The molecular weight excluding hydrogens is 322 g/mol. The molecule has 0 aliphatic rings. The van der Waals surface area contributed by atoms with E-state index in [2.05, 4.69) is 5.32 Å². The van der Waals surface area contributed by atoms with Crippen LogP contribution in [-0.2, 0) is 0 Å². The lowest BCUT2D eigenvalue weighted by molar-refractivity contribution is -0.385. The molecule has 0 aromatic heterocycles. The minimum Gasteiger partial charge on any atom is -0.322 e.